The molecular formula is C11H20N4O2. The van der Waals surface area contributed by atoms with Gasteiger partial charge in [-0.1, -0.05) is 12.0 Å². The molecule has 2 N–H and O–H groups in total. The maximum Gasteiger partial charge on any atom is 0.318 e. The van der Waals surface area contributed by atoms with Gasteiger partial charge >= 0.3 is 6.01 Å². The molecular weight excluding hydrogens is 220 g/mol. The molecule has 1 saturated heterocycles. The van der Waals surface area contributed by atoms with Crippen molar-refractivity contribution in [2.75, 3.05) is 25.0 Å². The first-order valence-electron chi connectivity index (χ1n) is 6.05. The van der Waals surface area contributed by atoms with Gasteiger partial charge in [-0.3, -0.25) is 0 Å². The number of nitrogens with one attached hydrogen (secondary N) is 1. The maximum atomic E-state index is 9.67. The minimum atomic E-state index is -0.218. The predicted molar refractivity (Wildman–Crippen MR) is 63.8 cm³/mol. The topological polar surface area (TPSA) is 74.4 Å². The number of hydrogen-bond donors (Lipinski definition) is 2. The lowest BCUT2D eigenvalue weighted by molar-refractivity contribution is 0.0955. The van der Waals surface area contributed by atoms with E-state index in [0.29, 0.717) is 11.9 Å². The lowest BCUT2D eigenvalue weighted by Crippen LogP contribution is -2.42. The van der Waals surface area contributed by atoms with Crippen molar-refractivity contribution in [2.45, 2.75) is 32.4 Å². The molecule has 0 saturated carbocycles. The van der Waals surface area contributed by atoms with E-state index in [4.69, 9.17) is 4.42 Å². The molecule has 6 nitrogen and oxygen atoms in total. The van der Waals surface area contributed by atoms with Gasteiger partial charge in [0.15, 0.2) is 0 Å². The molecule has 1 fully saturated rings. The smallest absolute Gasteiger partial charge is 0.318 e. The highest BCUT2D eigenvalue weighted by Crippen LogP contribution is 2.23. The van der Waals surface area contributed by atoms with Crippen LogP contribution in [0.2, 0.25) is 0 Å². The van der Waals surface area contributed by atoms with Crippen LogP contribution in [0, 0.1) is 5.92 Å². The SMILES string of the molecule is CNC(C)c1nnc(N2CCC(O)C(C)C2)o1. The summed E-state index contributed by atoms with van der Waals surface area (Å²) in [5, 5.41) is 20.8. The summed E-state index contributed by atoms with van der Waals surface area (Å²) in [5.74, 6) is 0.835. The van der Waals surface area contributed by atoms with Gasteiger partial charge in [0, 0.05) is 13.1 Å². The zero-order valence-electron chi connectivity index (χ0n) is 10.6. The summed E-state index contributed by atoms with van der Waals surface area (Å²) in [4.78, 5) is 2.04. The molecule has 0 aliphatic carbocycles. The van der Waals surface area contributed by atoms with E-state index < -0.39 is 0 Å². The summed E-state index contributed by atoms with van der Waals surface area (Å²) in [5.41, 5.74) is 0. The molecule has 0 radical (unpaired) electrons. The Morgan fingerprint density at radius 2 is 2.29 bits per heavy atom. The molecule has 2 heterocycles. The van der Waals surface area contributed by atoms with Crippen LogP contribution < -0.4 is 10.2 Å². The standard InChI is InChI=1S/C11H20N4O2/c1-7-6-15(5-4-9(7)16)11-14-13-10(17-11)8(2)12-3/h7-9,12,16H,4-6H2,1-3H3. The molecule has 17 heavy (non-hydrogen) atoms. The highest BCUT2D eigenvalue weighted by molar-refractivity contribution is 5.25. The van der Waals surface area contributed by atoms with Crippen molar-refractivity contribution in [3.8, 4) is 0 Å². The van der Waals surface area contributed by atoms with E-state index in [-0.39, 0.29) is 18.1 Å². The van der Waals surface area contributed by atoms with Crippen LogP contribution in [0.4, 0.5) is 6.01 Å². The summed E-state index contributed by atoms with van der Waals surface area (Å²) in [7, 11) is 1.86. The Labute approximate surface area is 101 Å². The fourth-order valence-corrected chi connectivity index (χ4v) is 1.96. The average Bonchev–Trinajstić information content (AvgIpc) is 2.81. The largest absolute Gasteiger partial charge is 0.406 e. The van der Waals surface area contributed by atoms with Gasteiger partial charge in [-0.2, -0.15) is 0 Å². The third kappa shape index (κ3) is 2.58. The monoisotopic (exact) mass is 240 g/mol. The van der Waals surface area contributed by atoms with Crippen molar-refractivity contribution in [3.63, 3.8) is 0 Å². The van der Waals surface area contributed by atoms with Gasteiger partial charge in [0.2, 0.25) is 5.89 Å². The number of piperidine rings is 1. The molecule has 3 atom stereocenters. The second-order valence-electron chi connectivity index (χ2n) is 4.71. The van der Waals surface area contributed by atoms with Gasteiger partial charge in [0.25, 0.3) is 0 Å². The quantitative estimate of drug-likeness (QED) is 0.804. The summed E-state index contributed by atoms with van der Waals surface area (Å²) in [6.07, 6.45) is 0.533. The van der Waals surface area contributed by atoms with Crippen LogP contribution in [0.5, 0.6) is 0 Å². The fourth-order valence-electron chi connectivity index (χ4n) is 1.96. The lowest BCUT2D eigenvalue weighted by Gasteiger charge is -2.32. The number of aliphatic hydroxyl groups is 1. The molecule has 2 rings (SSSR count). The molecule has 3 unspecified atom stereocenters. The van der Waals surface area contributed by atoms with Crippen molar-refractivity contribution in [1.82, 2.24) is 15.5 Å². The number of aromatic nitrogens is 2. The molecule has 1 aliphatic rings. The lowest BCUT2D eigenvalue weighted by atomic mass is 9.97. The van der Waals surface area contributed by atoms with E-state index in [1.165, 1.54) is 0 Å². The highest BCUT2D eigenvalue weighted by Gasteiger charge is 2.27. The Morgan fingerprint density at radius 1 is 1.53 bits per heavy atom. The molecule has 0 spiro atoms. The fraction of sp³-hybridized carbons (Fsp3) is 0.818. The van der Waals surface area contributed by atoms with E-state index in [1.54, 1.807) is 0 Å². The van der Waals surface area contributed by atoms with Gasteiger partial charge in [0.1, 0.15) is 0 Å². The number of aliphatic hydroxyl groups excluding tert-OH is 1. The summed E-state index contributed by atoms with van der Waals surface area (Å²) in [6.45, 7) is 5.53. The van der Waals surface area contributed by atoms with E-state index in [9.17, 15) is 5.11 Å². The van der Waals surface area contributed by atoms with Gasteiger partial charge < -0.3 is 19.7 Å². The van der Waals surface area contributed by atoms with Crippen LogP contribution in [0.3, 0.4) is 0 Å². The third-order valence-corrected chi connectivity index (χ3v) is 3.36. The number of nitrogens with zero attached hydrogens (tertiary/aromatic N) is 3. The van der Waals surface area contributed by atoms with Crippen LogP contribution in [0.1, 0.15) is 32.2 Å². The Bertz CT molecular complexity index is 368. The van der Waals surface area contributed by atoms with Crippen molar-refractivity contribution >= 4 is 6.01 Å². The van der Waals surface area contributed by atoms with Crippen molar-refractivity contribution < 1.29 is 9.52 Å². The van der Waals surface area contributed by atoms with Crippen LogP contribution >= 0.6 is 0 Å². The van der Waals surface area contributed by atoms with Gasteiger partial charge in [-0.15, -0.1) is 5.10 Å². The zero-order chi connectivity index (χ0) is 12.4. The second kappa shape index (κ2) is 5.01. The first-order chi connectivity index (χ1) is 8.11. The van der Waals surface area contributed by atoms with Crippen LogP contribution in [-0.4, -0.2) is 41.5 Å². The zero-order valence-corrected chi connectivity index (χ0v) is 10.6. The normalized spacial score (nSPS) is 27.2. The van der Waals surface area contributed by atoms with Crippen molar-refractivity contribution in [1.29, 1.82) is 0 Å². The minimum absolute atomic E-state index is 0.0593. The first-order valence-corrected chi connectivity index (χ1v) is 6.05. The minimum Gasteiger partial charge on any atom is -0.406 e. The molecule has 6 heteroatoms. The van der Waals surface area contributed by atoms with Crippen molar-refractivity contribution in [3.05, 3.63) is 5.89 Å². The molecule has 0 bridgehead atoms. The van der Waals surface area contributed by atoms with Crippen LogP contribution in [-0.2, 0) is 0 Å². The van der Waals surface area contributed by atoms with E-state index >= 15 is 0 Å². The second-order valence-corrected chi connectivity index (χ2v) is 4.71. The van der Waals surface area contributed by atoms with Crippen molar-refractivity contribution in [2.24, 2.45) is 5.92 Å². The third-order valence-electron chi connectivity index (χ3n) is 3.36. The molecule has 0 amide bonds. The van der Waals surface area contributed by atoms with Gasteiger partial charge in [-0.05, 0) is 26.3 Å². The maximum absolute atomic E-state index is 9.67. The van der Waals surface area contributed by atoms with Gasteiger partial charge in [-0.25, -0.2) is 0 Å². The average molecular weight is 240 g/mol. The number of hydrogen-bond acceptors (Lipinski definition) is 6. The molecule has 96 valence electrons. The van der Waals surface area contributed by atoms with Gasteiger partial charge in [0.05, 0.1) is 12.1 Å². The van der Waals surface area contributed by atoms with E-state index in [1.807, 2.05) is 25.8 Å². The van der Waals surface area contributed by atoms with Crippen LogP contribution in [0.25, 0.3) is 0 Å². The first kappa shape index (κ1) is 12.3. The number of anilines is 1. The predicted octanol–water partition coefficient (Wildman–Crippen LogP) is 0.557. The van der Waals surface area contributed by atoms with E-state index in [0.717, 1.165) is 19.5 Å². The Kier molecular flexibility index (Phi) is 3.63. The van der Waals surface area contributed by atoms with Crippen LogP contribution in [0.15, 0.2) is 4.42 Å². The molecule has 0 aromatic carbocycles. The summed E-state index contributed by atoms with van der Waals surface area (Å²) >= 11 is 0. The Balaban J connectivity index is 2.05. The highest BCUT2D eigenvalue weighted by atomic mass is 16.4. The summed E-state index contributed by atoms with van der Waals surface area (Å²) in [6, 6.07) is 0.616. The molecule has 1 aliphatic heterocycles. The number of rotatable bonds is 3. The Morgan fingerprint density at radius 3 is 2.94 bits per heavy atom. The molecule has 1 aromatic rings. The Hall–Kier alpha value is -1.14. The van der Waals surface area contributed by atoms with E-state index in [2.05, 4.69) is 15.5 Å². The molecule has 1 aromatic heterocycles. The summed E-state index contributed by atoms with van der Waals surface area (Å²) < 4.78 is 5.62.